The van der Waals surface area contributed by atoms with Crippen LogP contribution in [0.4, 0.5) is 5.69 Å². The fourth-order valence-electron chi connectivity index (χ4n) is 3.08. The number of methoxy groups -OCH3 is 1. The highest BCUT2D eigenvalue weighted by molar-refractivity contribution is 7.92. The van der Waals surface area contributed by atoms with Gasteiger partial charge in [-0.3, -0.25) is 9.10 Å². The maximum Gasteiger partial charge on any atom is 0.343 e. The first-order chi connectivity index (χ1) is 17.2. The van der Waals surface area contributed by atoms with Crippen molar-refractivity contribution in [3.05, 3.63) is 94.5 Å². The van der Waals surface area contributed by atoms with Crippen molar-refractivity contribution in [1.29, 1.82) is 0 Å². The lowest BCUT2D eigenvalue weighted by atomic mass is 10.2. The van der Waals surface area contributed by atoms with E-state index < -0.39 is 21.9 Å². The van der Waals surface area contributed by atoms with Gasteiger partial charge >= 0.3 is 5.97 Å². The van der Waals surface area contributed by atoms with Gasteiger partial charge in [-0.15, -0.1) is 0 Å². The molecular weight excluding hydrogens is 506 g/mol. The van der Waals surface area contributed by atoms with Gasteiger partial charge in [0, 0.05) is 10.6 Å². The molecule has 0 radical (unpaired) electrons. The average Bonchev–Trinajstić information content (AvgIpc) is 2.86. The van der Waals surface area contributed by atoms with E-state index in [2.05, 4.69) is 15.3 Å². The van der Waals surface area contributed by atoms with Crippen LogP contribution in [0.3, 0.4) is 0 Å². The van der Waals surface area contributed by atoms with Gasteiger partial charge in [0.2, 0.25) is 10.0 Å². The molecule has 1 amide bonds. The smallest absolute Gasteiger partial charge is 0.343 e. The molecule has 0 bridgehead atoms. The molecule has 0 spiro atoms. The lowest BCUT2D eigenvalue weighted by molar-refractivity contribution is -0.142. The summed E-state index contributed by atoms with van der Waals surface area (Å²) in [6.07, 6.45) is 2.53. The fourth-order valence-corrected chi connectivity index (χ4v) is 4.15. The summed E-state index contributed by atoms with van der Waals surface area (Å²) in [5.41, 5.74) is 4.39. The number of carbonyl (C=O) groups excluding carboxylic acids is 2. The van der Waals surface area contributed by atoms with Crippen molar-refractivity contribution in [2.75, 3.05) is 24.3 Å². The Morgan fingerprint density at radius 2 is 1.78 bits per heavy atom. The first-order valence-corrected chi connectivity index (χ1v) is 12.8. The molecule has 0 unspecified atom stereocenters. The van der Waals surface area contributed by atoms with E-state index in [1.165, 1.54) is 29.8 Å². The second-order valence-corrected chi connectivity index (χ2v) is 9.86. The Hall–Kier alpha value is -3.89. The molecule has 0 heterocycles. The number of halogens is 1. The Morgan fingerprint density at radius 3 is 2.44 bits per heavy atom. The molecule has 0 saturated heterocycles. The molecule has 0 aliphatic carbocycles. The SMILES string of the molecule is COC(=O)COc1cccc(/C=N\NC(=O)c2ccc(N(Cc3ccccc3Cl)S(C)(=O)=O)cc2)c1. The number of ether oxygens (including phenoxy) is 2. The first-order valence-electron chi connectivity index (χ1n) is 10.6. The third-order valence-corrected chi connectivity index (χ3v) is 6.42. The molecule has 9 nitrogen and oxygen atoms in total. The van der Waals surface area contributed by atoms with Crippen molar-refractivity contribution >= 4 is 45.4 Å². The van der Waals surface area contributed by atoms with Crippen LogP contribution in [-0.4, -0.2) is 46.5 Å². The Balaban J connectivity index is 1.65. The summed E-state index contributed by atoms with van der Waals surface area (Å²) in [5.74, 6) is -0.540. The normalized spacial score (nSPS) is 11.2. The molecule has 0 saturated carbocycles. The fraction of sp³-hybridized carbons (Fsp3) is 0.160. The minimum Gasteiger partial charge on any atom is -0.482 e. The summed E-state index contributed by atoms with van der Waals surface area (Å²) >= 11 is 6.19. The van der Waals surface area contributed by atoms with Gasteiger partial charge in [0.15, 0.2) is 6.61 Å². The van der Waals surface area contributed by atoms with Gasteiger partial charge in [0.1, 0.15) is 5.75 Å². The number of esters is 1. The molecule has 0 fully saturated rings. The number of rotatable bonds is 10. The molecular formula is C25H24ClN3O6S. The van der Waals surface area contributed by atoms with Crippen molar-refractivity contribution in [2.45, 2.75) is 6.54 Å². The number of sulfonamides is 1. The van der Waals surface area contributed by atoms with Crippen molar-refractivity contribution in [2.24, 2.45) is 5.10 Å². The van der Waals surface area contributed by atoms with Crippen molar-refractivity contribution in [3.63, 3.8) is 0 Å². The molecule has 36 heavy (non-hydrogen) atoms. The van der Waals surface area contributed by atoms with E-state index in [9.17, 15) is 18.0 Å². The Morgan fingerprint density at radius 1 is 1.06 bits per heavy atom. The van der Waals surface area contributed by atoms with E-state index in [1.54, 1.807) is 60.7 Å². The Labute approximate surface area is 214 Å². The van der Waals surface area contributed by atoms with Crippen LogP contribution in [0.5, 0.6) is 5.75 Å². The summed E-state index contributed by atoms with van der Waals surface area (Å²) in [4.78, 5) is 23.7. The molecule has 0 aromatic heterocycles. The van der Waals surface area contributed by atoms with E-state index in [0.29, 0.717) is 27.6 Å². The number of carbonyl (C=O) groups is 2. The molecule has 3 aromatic carbocycles. The molecule has 3 rings (SSSR count). The van der Waals surface area contributed by atoms with Gasteiger partial charge in [0.25, 0.3) is 5.91 Å². The summed E-state index contributed by atoms with van der Waals surface area (Å²) < 4.78 is 35.9. The summed E-state index contributed by atoms with van der Waals surface area (Å²) in [7, 11) is -2.34. The van der Waals surface area contributed by atoms with E-state index in [1.807, 2.05) is 0 Å². The quantitative estimate of drug-likeness (QED) is 0.244. The molecule has 3 aromatic rings. The number of anilines is 1. The molecule has 0 aliphatic heterocycles. The minimum atomic E-state index is -3.61. The van der Waals surface area contributed by atoms with Crippen molar-refractivity contribution in [1.82, 2.24) is 5.43 Å². The van der Waals surface area contributed by atoms with Crippen LogP contribution in [0, 0.1) is 0 Å². The Bertz CT molecular complexity index is 1360. The number of hydrazone groups is 1. The minimum absolute atomic E-state index is 0.0523. The van der Waals surface area contributed by atoms with Gasteiger partial charge < -0.3 is 9.47 Å². The van der Waals surface area contributed by atoms with Gasteiger partial charge in [-0.1, -0.05) is 41.9 Å². The second kappa shape index (κ2) is 12.2. The highest BCUT2D eigenvalue weighted by Crippen LogP contribution is 2.24. The summed E-state index contributed by atoms with van der Waals surface area (Å²) in [6, 6.07) is 19.9. The van der Waals surface area contributed by atoms with Crippen LogP contribution in [0.15, 0.2) is 77.9 Å². The highest BCUT2D eigenvalue weighted by Gasteiger charge is 2.19. The van der Waals surface area contributed by atoms with E-state index in [0.717, 1.165) is 6.26 Å². The standard InChI is InChI=1S/C25H24ClN3O6S/c1-34-24(30)17-35-22-8-5-6-18(14-22)15-27-28-25(31)19-10-12-21(13-11-19)29(36(2,32)33)16-20-7-3-4-9-23(20)26/h3-15H,16-17H2,1-2H3,(H,28,31)/b27-15-. The zero-order chi connectivity index (χ0) is 26.1. The Kier molecular flexibility index (Phi) is 9.04. The van der Waals surface area contributed by atoms with Crippen LogP contribution in [0.2, 0.25) is 5.02 Å². The van der Waals surface area contributed by atoms with Gasteiger partial charge in [-0.25, -0.2) is 18.6 Å². The topological polar surface area (TPSA) is 114 Å². The van der Waals surface area contributed by atoms with Crippen LogP contribution < -0.4 is 14.5 Å². The third-order valence-electron chi connectivity index (χ3n) is 4.91. The number of hydrogen-bond donors (Lipinski definition) is 1. The molecule has 1 N–H and O–H groups in total. The van der Waals surface area contributed by atoms with Crippen LogP contribution >= 0.6 is 11.6 Å². The number of nitrogens with one attached hydrogen (secondary N) is 1. The molecule has 11 heteroatoms. The van der Waals surface area contributed by atoms with Gasteiger partial charge in [0.05, 0.1) is 31.8 Å². The maximum absolute atomic E-state index is 12.5. The summed E-state index contributed by atoms with van der Waals surface area (Å²) in [5, 5.41) is 4.40. The lowest BCUT2D eigenvalue weighted by Crippen LogP contribution is -2.29. The lowest BCUT2D eigenvalue weighted by Gasteiger charge is -2.23. The van der Waals surface area contributed by atoms with E-state index >= 15 is 0 Å². The van der Waals surface area contributed by atoms with Crippen LogP contribution in [-0.2, 0) is 26.1 Å². The number of amides is 1. The average molecular weight is 530 g/mol. The van der Waals surface area contributed by atoms with Crippen molar-refractivity contribution in [3.8, 4) is 5.75 Å². The van der Waals surface area contributed by atoms with Gasteiger partial charge in [-0.2, -0.15) is 5.10 Å². The second-order valence-electron chi connectivity index (χ2n) is 7.54. The maximum atomic E-state index is 12.5. The molecule has 188 valence electrons. The van der Waals surface area contributed by atoms with Crippen molar-refractivity contribution < 1.29 is 27.5 Å². The number of nitrogens with zero attached hydrogens (tertiary/aromatic N) is 2. The molecule has 0 atom stereocenters. The zero-order valence-corrected chi connectivity index (χ0v) is 21.1. The third kappa shape index (κ3) is 7.56. The van der Waals surface area contributed by atoms with Crippen LogP contribution in [0.25, 0.3) is 0 Å². The monoisotopic (exact) mass is 529 g/mol. The van der Waals surface area contributed by atoms with Gasteiger partial charge in [-0.05, 0) is 53.6 Å². The predicted octanol–water partition coefficient (Wildman–Crippen LogP) is 3.62. The molecule has 0 aliphatic rings. The largest absolute Gasteiger partial charge is 0.482 e. The number of benzene rings is 3. The van der Waals surface area contributed by atoms with E-state index in [4.69, 9.17) is 16.3 Å². The predicted molar refractivity (Wildman–Crippen MR) is 138 cm³/mol. The first kappa shape index (κ1) is 26.7. The zero-order valence-electron chi connectivity index (χ0n) is 19.5. The van der Waals surface area contributed by atoms with Crippen LogP contribution in [0.1, 0.15) is 21.5 Å². The van der Waals surface area contributed by atoms with E-state index in [-0.39, 0.29) is 18.7 Å². The summed E-state index contributed by atoms with van der Waals surface area (Å²) in [6.45, 7) is -0.171. The highest BCUT2D eigenvalue weighted by atomic mass is 35.5. The number of hydrogen-bond acceptors (Lipinski definition) is 7.